The summed E-state index contributed by atoms with van der Waals surface area (Å²) in [5.41, 5.74) is 1.70. The number of carbonyl (C=O) groups excluding carboxylic acids is 1. The minimum Gasteiger partial charge on any atom is -0.493 e. The maximum atomic E-state index is 11.5. The Morgan fingerprint density at radius 3 is 2.43 bits per heavy atom. The second-order valence-electron chi connectivity index (χ2n) is 4.55. The maximum Gasteiger partial charge on any atom is 0.310 e. The summed E-state index contributed by atoms with van der Waals surface area (Å²) in [6.07, 6.45) is 2.01. The van der Waals surface area contributed by atoms with E-state index in [2.05, 4.69) is 0 Å². The van der Waals surface area contributed by atoms with E-state index in [0.717, 1.165) is 16.5 Å². The van der Waals surface area contributed by atoms with Gasteiger partial charge in [-0.25, -0.2) is 0 Å². The zero-order valence-corrected chi connectivity index (χ0v) is 12.4. The van der Waals surface area contributed by atoms with E-state index in [4.69, 9.17) is 14.2 Å². The molecule has 1 heterocycles. The molecule has 1 aromatic heterocycles. The molecule has 0 amide bonds. The summed E-state index contributed by atoms with van der Waals surface area (Å²) in [6.45, 7) is 0.447. The first-order chi connectivity index (χ1) is 10.1. The van der Waals surface area contributed by atoms with Crippen LogP contribution >= 0.6 is 0 Å². The molecular formula is C15H19NO5. The summed E-state index contributed by atoms with van der Waals surface area (Å²) < 4.78 is 17.2. The lowest BCUT2D eigenvalue weighted by Gasteiger charge is -2.09. The highest BCUT2D eigenvalue weighted by Gasteiger charge is 2.16. The van der Waals surface area contributed by atoms with Crippen molar-refractivity contribution in [1.29, 1.82) is 0 Å². The summed E-state index contributed by atoms with van der Waals surface area (Å²) in [6, 6.07) is 3.67. The van der Waals surface area contributed by atoms with Crippen LogP contribution in [0.15, 0.2) is 18.3 Å². The first-order valence-electron chi connectivity index (χ1n) is 6.56. The lowest BCUT2D eigenvalue weighted by molar-refractivity contribution is -0.139. The molecule has 1 aromatic carbocycles. The van der Waals surface area contributed by atoms with E-state index < -0.39 is 0 Å². The number of esters is 1. The molecule has 1 N–H and O–H groups in total. The minimum atomic E-state index is -0.312. The molecule has 0 aliphatic carbocycles. The summed E-state index contributed by atoms with van der Waals surface area (Å²) >= 11 is 0. The van der Waals surface area contributed by atoms with E-state index in [1.54, 1.807) is 14.2 Å². The van der Waals surface area contributed by atoms with E-state index in [9.17, 15) is 9.90 Å². The van der Waals surface area contributed by atoms with Gasteiger partial charge in [-0.05, 0) is 11.6 Å². The highest BCUT2D eigenvalue weighted by molar-refractivity contribution is 5.90. The number of aliphatic hydroxyl groups excluding tert-OH is 1. The molecule has 0 spiro atoms. The molecule has 0 fully saturated rings. The quantitative estimate of drug-likeness (QED) is 0.815. The Morgan fingerprint density at radius 1 is 1.19 bits per heavy atom. The van der Waals surface area contributed by atoms with Crippen molar-refractivity contribution in [2.24, 2.45) is 0 Å². The average Bonchev–Trinajstić information content (AvgIpc) is 2.83. The van der Waals surface area contributed by atoms with Gasteiger partial charge in [-0.2, -0.15) is 0 Å². The third-order valence-electron chi connectivity index (χ3n) is 3.37. The molecule has 2 aromatic rings. The number of methoxy groups -OCH3 is 3. The Bertz CT molecular complexity index is 647. The Balaban J connectivity index is 2.60. The van der Waals surface area contributed by atoms with Crippen molar-refractivity contribution in [2.45, 2.75) is 13.0 Å². The topological polar surface area (TPSA) is 69.9 Å². The normalized spacial score (nSPS) is 10.7. The minimum absolute atomic E-state index is 0.00971. The molecule has 114 valence electrons. The highest BCUT2D eigenvalue weighted by atomic mass is 16.5. The summed E-state index contributed by atoms with van der Waals surface area (Å²) in [5, 5.41) is 10.1. The first-order valence-corrected chi connectivity index (χ1v) is 6.56. The molecule has 0 aliphatic rings. The highest BCUT2D eigenvalue weighted by Crippen LogP contribution is 2.34. The van der Waals surface area contributed by atoms with Gasteiger partial charge in [0.25, 0.3) is 0 Å². The van der Waals surface area contributed by atoms with Gasteiger partial charge >= 0.3 is 5.97 Å². The van der Waals surface area contributed by atoms with Crippen molar-refractivity contribution in [3.8, 4) is 11.5 Å². The van der Waals surface area contributed by atoms with Crippen LogP contribution in [0.4, 0.5) is 0 Å². The predicted octanol–water partition coefficient (Wildman–Crippen LogP) is 1.37. The number of hydrogen-bond donors (Lipinski definition) is 1. The zero-order valence-electron chi connectivity index (χ0n) is 12.4. The molecule has 0 radical (unpaired) electrons. The summed E-state index contributed by atoms with van der Waals surface area (Å²) in [4.78, 5) is 11.5. The van der Waals surface area contributed by atoms with Gasteiger partial charge in [-0.3, -0.25) is 4.79 Å². The van der Waals surface area contributed by atoms with Gasteiger partial charge in [0, 0.05) is 24.2 Å². The number of nitrogens with zero attached hydrogens (tertiary/aromatic N) is 1. The van der Waals surface area contributed by atoms with E-state index in [1.165, 1.54) is 7.11 Å². The van der Waals surface area contributed by atoms with Crippen LogP contribution in [0.25, 0.3) is 10.9 Å². The van der Waals surface area contributed by atoms with Crippen LogP contribution in [0.2, 0.25) is 0 Å². The SMILES string of the molecule is COC(=O)Cc1cn(CCO)c2cc(OC)c(OC)cc12. The molecule has 0 bridgehead atoms. The van der Waals surface area contributed by atoms with Crippen LogP contribution in [0.1, 0.15) is 5.56 Å². The Morgan fingerprint density at radius 2 is 1.86 bits per heavy atom. The van der Waals surface area contributed by atoms with Gasteiger partial charge in [0.1, 0.15) is 0 Å². The molecule has 0 atom stereocenters. The van der Waals surface area contributed by atoms with Crippen molar-refractivity contribution in [3.05, 3.63) is 23.9 Å². The van der Waals surface area contributed by atoms with Gasteiger partial charge in [0.05, 0.1) is 39.9 Å². The smallest absolute Gasteiger partial charge is 0.310 e. The van der Waals surface area contributed by atoms with Crippen LogP contribution in [-0.4, -0.2) is 43.6 Å². The fraction of sp³-hybridized carbons (Fsp3) is 0.400. The molecule has 2 rings (SSSR count). The van der Waals surface area contributed by atoms with Crippen LogP contribution in [0.5, 0.6) is 11.5 Å². The van der Waals surface area contributed by atoms with Crippen molar-refractivity contribution in [2.75, 3.05) is 27.9 Å². The largest absolute Gasteiger partial charge is 0.493 e. The lowest BCUT2D eigenvalue weighted by Crippen LogP contribution is -2.04. The maximum absolute atomic E-state index is 11.5. The van der Waals surface area contributed by atoms with E-state index in [0.29, 0.717) is 18.0 Å². The number of fused-ring (bicyclic) bond motifs is 1. The molecule has 0 saturated carbocycles. The second kappa shape index (κ2) is 6.49. The number of benzene rings is 1. The molecule has 21 heavy (non-hydrogen) atoms. The zero-order chi connectivity index (χ0) is 15.4. The number of rotatable bonds is 6. The van der Waals surface area contributed by atoms with Crippen LogP contribution in [0, 0.1) is 0 Å². The number of carbonyl (C=O) groups is 1. The van der Waals surface area contributed by atoms with Crippen LogP contribution < -0.4 is 9.47 Å². The number of hydrogen-bond acceptors (Lipinski definition) is 5. The molecule has 6 nitrogen and oxygen atoms in total. The average molecular weight is 293 g/mol. The van der Waals surface area contributed by atoms with Gasteiger partial charge < -0.3 is 23.9 Å². The number of aromatic nitrogens is 1. The van der Waals surface area contributed by atoms with E-state index >= 15 is 0 Å². The predicted molar refractivity (Wildman–Crippen MR) is 77.8 cm³/mol. The van der Waals surface area contributed by atoms with Crippen molar-refractivity contribution in [3.63, 3.8) is 0 Å². The molecule has 0 aliphatic heterocycles. The van der Waals surface area contributed by atoms with E-state index in [-0.39, 0.29) is 19.0 Å². The first kappa shape index (κ1) is 15.2. The Kier molecular flexibility index (Phi) is 4.70. The van der Waals surface area contributed by atoms with Crippen molar-refractivity contribution >= 4 is 16.9 Å². The van der Waals surface area contributed by atoms with Crippen LogP contribution in [0.3, 0.4) is 0 Å². The molecule has 6 heteroatoms. The van der Waals surface area contributed by atoms with Gasteiger partial charge in [0.15, 0.2) is 11.5 Å². The van der Waals surface area contributed by atoms with E-state index in [1.807, 2.05) is 22.9 Å². The monoisotopic (exact) mass is 293 g/mol. The van der Waals surface area contributed by atoms with Gasteiger partial charge in [-0.15, -0.1) is 0 Å². The van der Waals surface area contributed by atoms with Gasteiger partial charge in [0.2, 0.25) is 0 Å². The molecule has 0 saturated heterocycles. The van der Waals surface area contributed by atoms with Crippen molar-refractivity contribution < 1.29 is 24.1 Å². The fourth-order valence-electron chi connectivity index (χ4n) is 2.35. The second-order valence-corrected chi connectivity index (χ2v) is 4.55. The standard InChI is InChI=1S/C15H19NO5/c1-19-13-7-11-10(6-15(18)21-3)9-16(4-5-17)12(11)8-14(13)20-2/h7-9,17H,4-6H2,1-3H3. The molecule has 0 unspecified atom stereocenters. The summed E-state index contributed by atoms with van der Waals surface area (Å²) in [5.74, 6) is 0.887. The van der Waals surface area contributed by atoms with Gasteiger partial charge in [-0.1, -0.05) is 0 Å². The summed E-state index contributed by atoms with van der Waals surface area (Å²) in [7, 11) is 4.49. The van der Waals surface area contributed by atoms with Crippen molar-refractivity contribution in [1.82, 2.24) is 4.57 Å². The third kappa shape index (κ3) is 2.95. The lowest BCUT2D eigenvalue weighted by atomic mass is 10.1. The van der Waals surface area contributed by atoms with Crippen LogP contribution in [-0.2, 0) is 22.5 Å². The molecular weight excluding hydrogens is 274 g/mol. The fourth-order valence-corrected chi connectivity index (χ4v) is 2.35. The third-order valence-corrected chi connectivity index (χ3v) is 3.37. The Hall–Kier alpha value is -2.21. The number of ether oxygens (including phenoxy) is 3. The Labute approximate surface area is 122 Å². The number of aliphatic hydroxyl groups is 1.